The standard InChI is InChI=1S/C18H18FN3O2/c1-12-6-8-14(9-7-12)13(2)21-22-17(23)11-20-18(24)15-4-3-5-16(19)10-15/h3-10H,11H2,1-2H3,(H,20,24)(H,22,23)/b21-13-. The average molecular weight is 327 g/mol. The predicted molar refractivity (Wildman–Crippen MR) is 90.3 cm³/mol. The molecule has 0 aliphatic heterocycles. The molecular formula is C18H18FN3O2. The third kappa shape index (κ3) is 5.01. The van der Waals surface area contributed by atoms with Crippen molar-refractivity contribution in [2.75, 3.05) is 6.54 Å². The number of nitrogens with zero attached hydrogens (tertiary/aromatic N) is 1. The van der Waals surface area contributed by atoms with Crippen LogP contribution in [0, 0.1) is 12.7 Å². The van der Waals surface area contributed by atoms with Gasteiger partial charge >= 0.3 is 0 Å². The molecule has 2 aromatic carbocycles. The molecule has 0 unspecified atom stereocenters. The number of hydrazone groups is 1. The van der Waals surface area contributed by atoms with Gasteiger partial charge in [0.15, 0.2) is 0 Å². The van der Waals surface area contributed by atoms with Crippen molar-refractivity contribution >= 4 is 17.5 Å². The van der Waals surface area contributed by atoms with Crippen LogP contribution in [0.15, 0.2) is 53.6 Å². The van der Waals surface area contributed by atoms with Crippen LogP contribution in [0.5, 0.6) is 0 Å². The zero-order valence-electron chi connectivity index (χ0n) is 13.5. The van der Waals surface area contributed by atoms with E-state index in [4.69, 9.17) is 0 Å². The number of benzene rings is 2. The fourth-order valence-electron chi connectivity index (χ4n) is 1.94. The molecule has 2 rings (SSSR count). The Kier molecular flexibility index (Phi) is 5.78. The van der Waals surface area contributed by atoms with Crippen molar-refractivity contribution in [3.63, 3.8) is 0 Å². The van der Waals surface area contributed by atoms with Crippen LogP contribution in [0.2, 0.25) is 0 Å². The number of amides is 2. The monoisotopic (exact) mass is 327 g/mol. The van der Waals surface area contributed by atoms with Crippen molar-refractivity contribution in [2.24, 2.45) is 5.10 Å². The highest BCUT2D eigenvalue weighted by Crippen LogP contribution is 2.04. The van der Waals surface area contributed by atoms with Crippen LogP contribution >= 0.6 is 0 Å². The van der Waals surface area contributed by atoms with Crippen molar-refractivity contribution in [3.8, 4) is 0 Å². The Labute approximate surface area is 139 Å². The molecule has 5 nitrogen and oxygen atoms in total. The molecule has 0 saturated heterocycles. The summed E-state index contributed by atoms with van der Waals surface area (Å²) in [6, 6.07) is 13.0. The number of rotatable bonds is 5. The molecule has 0 heterocycles. The molecule has 2 amide bonds. The lowest BCUT2D eigenvalue weighted by atomic mass is 10.1. The summed E-state index contributed by atoms with van der Waals surface area (Å²) in [5, 5.41) is 6.40. The number of carbonyl (C=O) groups excluding carboxylic acids is 2. The number of hydrogen-bond acceptors (Lipinski definition) is 3. The zero-order valence-corrected chi connectivity index (χ0v) is 13.5. The summed E-state index contributed by atoms with van der Waals surface area (Å²) in [7, 11) is 0. The normalized spacial score (nSPS) is 11.0. The summed E-state index contributed by atoms with van der Waals surface area (Å²) in [4.78, 5) is 23.5. The van der Waals surface area contributed by atoms with Crippen LogP contribution in [0.25, 0.3) is 0 Å². The van der Waals surface area contributed by atoms with E-state index in [9.17, 15) is 14.0 Å². The van der Waals surface area contributed by atoms with Crippen LogP contribution in [0.3, 0.4) is 0 Å². The fourth-order valence-corrected chi connectivity index (χ4v) is 1.94. The van der Waals surface area contributed by atoms with Gasteiger partial charge in [0, 0.05) is 5.56 Å². The number of nitrogens with one attached hydrogen (secondary N) is 2. The first-order valence-electron chi connectivity index (χ1n) is 7.39. The van der Waals surface area contributed by atoms with Gasteiger partial charge in [0.2, 0.25) is 0 Å². The highest BCUT2D eigenvalue weighted by molar-refractivity contribution is 6.00. The van der Waals surface area contributed by atoms with E-state index in [2.05, 4.69) is 15.8 Å². The van der Waals surface area contributed by atoms with E-state index < -0.39 is 17.6 Å². The summed E-state index contributed by atoms with van der Waals surface area (Å²) >= 11 is 0. The SMILES string of the molecule is C/C(=N/NC(=O)CNC(=O)c1cccc(F)c1)c1ccc(C)cc1. The minimum absolute atomic E-state index is 0.155. The van der Waals surface area contributed by atoms with E-state index in [1.165, 1.54) is 18.2 Å². The Bertz CT molecular complexity index is 770. The average Bonchev–Trinajstić information content (AvgIpc) is 2.58. The Balaban J connectivity index is 1.86. The Hall–Kier alpha value is -3.02. The maximum atomic E-state index is 13.0. The summed E-state index contributed by atoms with van der Waals surface area (Å²) in [6.07, 6.45) is 0. The predicted octanol–water partition coefficient (Wildman–Crippen LogP) is 2.40. The molecule has 0 saturated carbocycles. The molecule has 0 fully saturated rings. The molecule has 6 heteroatoms. The van der Waals surface area contributed by atoms with Crippen LogP contribution in [-0.4, -0.2) is 24.1 Å². The van der Waals surface area contributed by atoms with Gasteiger partial charge in [-0.25, -0.2) is 9.82 Å². The lowest BCUT2D eigenvalue weighted by molar-refractivity contribution is -0.120. The Morgan fingerprint density at radius 2 is 1.79 bits per heavy atom. The molecule has 24 heavy (non-hydrogen) atoms. The van der Waals surface area contributed by atoms with Crippen molar-refractivity contribution in [1.29, 1.82) is 0 Å². The lowest BCUT2D eigenvalue weighted by Crippen LogP contribution is -2.35. The van der Waals surface area contributed by atoms with Crippen molar-refractivity contribution in [1.82, 2.24) is 10.7 Å². The van der Waals surface area contributed by atoms with E-state index in [0.717, 1.165) is 17.2 Å². The molecule has 0 aliphatic rings. The van der Waals surface area contributed by atoms with E-state index >= 15 is 0 Å². The lowest BCUT2D eigenvalue weighted by Gasteiger charge is -2.06. The quantitative estimate of drug-likeness (QED) is 0.654. The van der Waals surface area contributed by atoms with Crippen molar-refractivity contribution in [2.45, 2.75) is 13.8 Å². The van der Waals surface area contributed by atoms with Gasteiger partial charge in [0.05, 0.1) is 12.3 Å². The van der Waals surface area contributed by atoms with E-state index in [1.807, 2.05) is 31.2 Å². The second-order valence-electron chi connectivity index (χ2n) is 5.29. The summed E-state index contributed by atoms with van der Waals surface area (Å²) in [5.41, 5.74) is 5.21. The van der Waals surface area contributed by atoms with Gasteiger partial charge in [-0.15, -0.1) is 0 Å². The topological polar surface area (TPSA) is 70.6 Å². The van der Waals surface area contributed by atoms with E-state index in [-0.39, 0.29) is 12.1 Å². The first-order valence-corrected chi connectivity index (χ1v) is 7.39. The molecule has 124 valence electrons. The summed E-state index contributed by atoms with van der Waals surface area (Å²) < 4.78 is 13.0. The third-order valence-corrected chi connectivity index (χ3v) is 3.31. The van der Waals surface area contributed by atoms with E-state index in [0.29, 0.717) is 5.71 Å². The summed E-state index contributed by atoms with van der Waals surface area (Å²) in [5.74, 6) is -1.50. The van der Waals surface area contributed by atoms with E-state index in [1.54, 1.807) is 6.92 Å². The van der Waals surface area contributed by atoms with Gasteiger partial charge in [-0.05, 0) is 37.6 Å². The van der Waals surface area contributed by atoms with Crippen LogP contribution in [-0.2, 0) is 4.79 Å². The Morgan fingerprint density at radius 1 is 1.08 bits per heavy atom. The molecule has 0 atom stereocenters. The van der Waals surface area contributed by atoms with Crippen LogP contribution in [0.1, 0.15) is 28.4 Å². The smallest absolute Gasteiger partial charge is 0.259 e. The van der Waals surface area contributed by atoms with Crippen molar-refractivity contribution < 1.29 is 14.0 Å². The molecule has 0 radical (unpaired) electrons. The second-order valence-corrected chi connectivity index (χ2v) is 5.29. The minimum atomic E-state index is -0.524. The number of carbonyl (C=O) groups is 2. The zero-order chi connectivity index (χ0) is 17.5. The van der Waals surface area contributed by atoms with Gasteiger partial charge in [0.25, 0.3) is 11.8 Å². The fraction of sp³-hybridized carbons (Fsp3) is 0.167. The molecule has 2 N–H and O–H groups in total. The number of halogens is 1. The van der Waals surface area contributed by atoms with Gasteiger partial charge in [-0.3, -0.25) is 9.59 Å². The maximum Gasteiger partial charge on any atom is 0.259 e. The first-order chi connectivity index (χ1) is 11.5. The largest absolute Gasteiger partial charge is 0.343 e. The number of aryl methyl sites for hydroxylation is 1. The van der Waals surface area contributed by atoms with Crippen LogP contribution in [0.4, 0.5) is 4.39 Å². The van der Waals surface area contributed by atoms with Crippen molar-refractivity contribution in [3.05, 3.63) is 71.0 Å². The minimum Gasteiger partial charge on any atom is -0.343 e. The molecule has 0 bridgehead atoms. The van der Waals surface area contributed by atoms with Crippen LogP contribution < -0.4 is 10.7 Å². The summed E-state index contributed by atoms with van der Waals surface area (Å²) in [6.45, 7) is 3.51. The molecule has 2 aromatic rings. The maximum absolute atomic E-state index is 13.0. The first kappa shape index (κ1) is 17.3. The van der Waals surface area contributed by atoms with Gasteiger partial charge in [-0.2, -0.15) is 5.10 Å². The molecule has 0 aliphatic carbocycles. The molecule has 0 spiro atoms. The third-order valence-electron chi connectivity index (χ3n) is 3.31. The number of hydrogen-bond donors (Lipinski definition) is 2. The molecular weight excluding hydrogens is 309 g/mol. The van der Waals surface area contributed by atoms with Gasteiger partial charge in [0.1, 0.15) is 5.82 Å². The van der Waals surface area contributed by atoms with Gasteiger partial charge < -0.3 is 5.32 Å². The van der Waals surface area contributed by atoms with Gasteiger partial charge in [-0.1, -0.05) is 35.9 Å². The molecule has 0 aromatic heterocycles. The highest BCUT2D eigenvalue weighted by Gasteiger charge is 2.08. The second kappa shape index (κ2) is 8.01. The highest BCUT2D eigenvalue weighted by atomic mass is 19.1. The Morgan fingerprint density at radius 3 is 2.46 bits per heavy atom.